The third-order valence-electron chi connectivity index (χ3n) is 4.85. The van der Waals surface area contributed by atoms with E-state index in [0.717, 1.165) is 11.1 Å². The molecule has 0 aromatic heterocycles. The zero-order chi connectivity index (χ0) is 20.4. The molecule has 0 saturated carbocycles. The molecule has 1 aliphatic heterocycles. The Labute approximate surface area is 162 Å². The lowest BCUT2D eigenvalue weighted by atomic mass is 9.95. The molecular weight excluding hydrogens is 386 g/mol. The first-order valence-corrected chi connectivity index (χ1v) is 10.1. The highest BCUT2D eigenvalue weighted by Crippen LogP contribution is 2.34. The highest BCUT2D eigenvalue weighted by atomic mass is 32.2. The van der Waals surface area contributed by atoms with Gasteiger partial charge in [0, 0.05) is 12.2 Å². The fourth-order valence-corrected chi connectivity index (χ4v) is 5.28. The molecule has 0 radical (unpaired) electrons. The maximum atomic E-state index is 13.1. The number of para-hydroxylation sites is 1. The molecule has 28 heavy (non-hydrogen) atoms. The highest BCUT2D eigenvalue weighted by molar-refractivity contribution is 7.92. The molecule has 2 aromatic rings. The van der Waals surface area contributed by atoms with E-state index in [1.165, 1.54) is 17.6 Å². The standard InChI is InChI=1S/C19H21NO7S/c1-26-16-5-3-2-4-15(16)13-6-8-14(9-7-13)28(24,25)17-10-11-27-12-19(17,22)18(21)20-23/h2-9,17,22-23H,10-12H2,1H3,(H,20,21). The lowest BCUT2D eigenvalue weighted by Crippen LogP contribution is -2.62. The number of amides is 1. The molecule has 150 valence electrons. The van der Waals surface area contributed by atoms with E-state index in [9.17, 15) is 18.3 Å². The summed E-state index contributed by atoms with van der Waals surface area (Å²) in [5.74, 6) is -0.567. The molecule has 1 saturated heterocycles. The zero-order valence-electron chi connectivity index (χ0n) is 15.2. The topological polar surface area (TPSA) is 122 Å². The first kappa shape index (κ1) is 20.3. The van der Waals surface area contributed by atoms with Crippen LogP contribution in [0.4, 0.5) is 0 Å². The highest BCUT2D eigenvalue weighted by Gasteiger charge is 2.53. The van der Waals surface area contributed by atoms with Crippen molar-refractivity contribution in [2.24, 2.45) is 0 Å². The van der Waals surface area contributed by atoms with Crippen molar-refractivity contribution in [3.63, 3.8) is 0 Å². The van der Waals surface area contributed by atoms with Crippen LogP contribution in [0, 0.1) is 0 Å². The number of hydrogen-bond acceptors (Lipinski definition) is 7. The number of hydrogen-bond donors (Lipinski definition) is 3. The van der Waals surface area contributed by atoms with Crippen LogP contribution >= 0.6 is 0 Å². The third kappa shape index (κ3) is 3.49. The Balaban J connectivity index is 1.97. The van der Waals surface area contributed by atoms with Gasteiger partial charge in [-0.05, 0) is 30.2 Å². The van der Waals surface area contributed by atoms with E-state index in [1.807, 2.05) is 18.2 Å². The van der Waals surface area contributed by atoms with Crippen LogP contribution < -0.4 is 10.2 Å². The average Bonchev–Trinajstić information content (AvgIpc) is 2.73. The molecule has 0 aliphatic carbocycles. The number of hydroxylamine groups is 1. The van der Waals surface area contributed by atoms with Gasteiger partial charge in [0.25, 0.3) is 5.91 Å². The summed E-state index contributed by atoms with van der Waals surface area (Å²) in [5.41, 5.74) is 0.501. The fourth-order valence-electron chi connectivity index (χ4n) is 3.34. The SMILES string of the molecule is COc1ccccc1-c1ccc(S(=O)(=O)C2CCOCC2(O)C(=O)NO)cc1. The smallest absolute Gasteiger partial charge is 0.279 e. The first-order valence-electron chi connectivity index (χ1n) is 8.56. The van der Waals surface area contributed by atoms with Crippen molar-refractivity contribution in [1.29, 1.82) is 0 Å². The summed E-state index contributed by atoms with van der Waals surface area (Å²) >= 11 is 0. The van der Waals surface area contributed by atoms with Gasteiger partial charge >= 0.3 is 0 Å². The third-order valence-corrected chi connectivity index (χ3v) is 7.15. The van der Waals surface area contributed by atoms with Crippen LogP contribution in [0.5, 0.6) is 5.75 Å². The number of aliphatic hydroxyl groups is 1. The second kappa shape index (κ2) is 7.88. The number of nitrogens with one attached hydrogen (secondary N) is 1. The summed E-state index contributed by atoms with van der Waals surface area (Å²) in [5, 5.41) is 18.1. The van der Waals surface area contributed by atoms with Crippen LogP contribution in [0.1, 0.15) is 6.42 Å². The largest absolute Gasteiger partial charge is 0.496 e. The number of carbonyl (C=O) groups is 1. The Morgan fingerprint density at radius 2 is 1.89 bits per heavy atom. The summed E-state index contributed by atoms with van der Waals surface area (Å²) < 4.78 is 36.6. The van der Waals surface area contributed by atoms with Crippen molar-refractivity contribution in [1.82, 2.24) is 5.48 Å². The molecule has 1 heterocycles. The summed E-state index contributed by atoms with van der Waals surface area (Å²) in [6.07, 6.45) is -0.0828. The molecule has 2 atom stereocenters. The van der Waals surface area contributed by atoms with E-state index < -0.39 is 33.2 Å². The molecule has 8 nitrogen and oxygen atoms in total. The van der Waals surface area contributed by atoms with Crippen molar-refractivity contribution < 1.29 is 33.0 Å². The predicted molar refractivity (Wildman–Crippen MR) is 99.7 cm³/mol. The Morgan fingerprint density at radius 1 is 1.21 bits per heavy atom. The van der Waals surface area contributed by atoms with Crippen LogP contribution in [0.2, 0.25) is 0 Å². The van der Waals surface area contributed by atoms with E-state index in [0.29, 0.717) is 5.75 Å². The van der Waals surface area contributed by atoms with Crippen LogP contribution in [0.3, 0.4) is 0 Å². The van der Waals surface area contributed by atoms with E-state index in [2.05, 4.69) is 0 Å². The summed E-state index contributed by atoms with van der Waals surface area (Å²) in [6.45, 7) is -0.452. The Morgan fingerprint density at radius 3 is 2.54 bits per heavy atom. The van der Waals surface area contributed by atoms with Crippen molar-refractivity contribution in [3.8, 4) is 16.9 Å². The normalized spacial score (nSPS) is 22.5. The lowest BCUT2D eigenvalue weighted by Gasteiger charge is -2.36. The minimum atomic E-state index is -4.07. The Hall–Kier alpha value is -2.46. The van der Waals surface area contributed by atoms with Gasteiger partial charge in [0.15, 0.2) is 15.4 Å². The first-order chi connectivity index (χ1) is 13.3. The molecule has 0 bridgehead atoms. The summed E-state index contributed by atoms with van der Waals surface area (Å²) in [7, 11) is -2.52. The maximum absolute atomic E-state index is 13.1. The number of ether oxygens (including phenoxy) is 2. The maximum Gasteiger partial charge on any atom is 0.279 e. The average molecular weight is 407 g/mol. The van der Waals surface area contributed by atoms with Gasteiger partial charge in [-0.1, -0.05) is 30.3 Å². The fraction of sp³-hybridized carbons (Fsp3) is 0.316. The van der Waals surface area contributed by atoms with E-state index in [1.54, 1.807) is 25.3 Å². The molecule has 2 aromatic carbocycles. The van der Waals surface area contributed by atoms with Gasteiger partial charge < -0.3 is 14.6 Å². The second-order valence-electron chi connectivity index (χ2n) is 6.46. The zero-order valence-corrected chi connectivity index (χ0v) is 16.0. The van der Waals surface area contributed by atoms with Gasteiger partial charge in [-0.25, -0.2) is 13.9 Å². The molecule has 1 fully saturated rings. The molecule has 0 spiro atoms. The predicted octanol–water partition coefficient (Wildman–Crippen LogP) is 1.16. The van der Waals surface area contributed by atoms with Crippen molar-refractivity contribution in [2.75, 3.05) is 20.3 Å². The number of carbonyl (C=O) groups excluding carboxylic acids is 1. The van der Waals surface area contributed by atoms with Gasteiger partial charge in [-0.15, -0.1) is 0 Å². The van der Waals surface area contributed by atoms with Gasteiger partial charge in [-0.2, -0.15) is 0 Å². The quantitative estimate of drug-likeness (QED) is 0.502. The van der Waals surface area contributed by atoms with Gasteiger partial charge in [0.1, 0.15) is 11.0 Å². The van der Waals surface area contributed by atoms with Crippen LogP contribution in [-0.4, -0.2) is 55.8 Å². The lowest BCUT2D eigenvalue weighted by molar-refractivity contribution is -0.161. The van der Waals surface area contributed by atoms with E-state index in [4.69, 9.17) is 14.7 Å². The number of methoxy groups -OCH3 is 1. The molecule has 1 aliphatic rings. The molecule has 1 amide bonds. The number of sulfone groups is 1. The molecule has 3 rings (SSSR count). The van der Waals surface area contributed by atoms with E-state index in [-0.39, 0.29) is 17.9 Å². The molecule has 9 heteroatoms. The van der Waals surface area contributed by atoms with Gasteiger partial charge in [0.05, 0.1) is 18.6 Å². The Bertz CT molecular complexity index is 959. The molecule has 2 unspecified atom stereocenters. The Kier molecular flexibility index (Phi) is 5.71. The number of rotatable bonds is 5. The summed E-state index contributed by atoms with van der Waals surface area (Å²) in [4.78, 5) is 11.9. The monoisotopic (exact) mass is 407 g/mol. The minimum Gasteiger partial charge on any atom is -0.496 e. The molecular formula is C19H21NO7S. The van der Waals surface area contributed by atoms with Crippen LogP contribution in [-0.2, 0) is 19.4 Å². The number of benzene rings is 2. The van der Waals surface area contributed by atoms with Crippen LogP contribution in [0.15, 0.2) is 53.4 Å². The van der Waals surface area contributed by atoms with Gasteiger partial charge in [-0.3, -0.25) is 10.0 Å². The second-order valence-corrected chi connectivity index (χ2v) is 8.60. The van der Waals surface area contributed by atoms with Crippen LogP contribution in [0.25, 0.3) is 11.1 Å². The van der Waals surface area contributed by atoms with E-state index >= 15 is 0 Å². The minimum absolute atomic E-state index is 0.0396. The molecule has 3 N–H and O–H groups in total. The van der Waals surface area contributed by atoms with Gasteiger partial charge in [0.2, 0.25) is 0 Å². The van der Waals surface area contributed by atoms with Crippen molar-refractivity contribution in [3.05, 3.63) is 48.5 Å². The summed E-state index contributed by atoms with van der Waals surface area (Å²) in [6, 6.07) is 13.4. The van der Waals surface area contributed by atoms with Crippen molar-refractivity contribution >= 4 is 15.7 Å². The van der Waals surface area contributed by atoms with Crippen molar-refractivity contribution in [2.45, 2.75) is 22.2 Å².